The molecule has 0 saturated carbocycles. The summed E-state index contributed by atoms with van der Waals surface area (Å²) in [7, 11) is 0. The van der Waals surface area contributed by atoms with Crippen molar-refractivity contribution < 1.29 is 14.3 Å². The number of carbonyl (C=O) groups excluding carboxylic acids is 2. The van der Waals surface area contributed by atoms with E-state index >= 15 is 0 Å². The van der Waals surface area contributed by atoms with Crippen LogP contribution in [0.25, 0.3) is 0 Å². The van der Waals surface area contributed by atoms with Crippen LogP contribution in [0.3, 0.4) is 0 Å². The van der Waals surface area contributed by atoms with E-state index in [0.717, 1.165) is 0 Å². The van der Waals surface area contributed by atoms with Crippen LogP contribution >= 0.6 is 12.2 Å². The van der Waals surface area contributed by atoms with Crippen molar-refractivity contribution in [2.24, 2.45) is 16.9 Å². The second-order valence-electron chi connectivity index (χ2n) is 3.82. The van der Waals surface area contributed by atoms with Gasteiger partial charge < -0.3 is 21.5 Å². The molecule has 0 aromatic carbocycles. The van der Waals surface area contributed by atoms with Crippen LogP contribution in [0.15, 0.2) is 0 Å². The number of amides is 2. The molecule has 0 aromatic rings. The predicted molar refractivity (Wildman–Crippen MR) is 68.2 cm³/mol. The normalized spacial score (nSPS) is 13.8. The molecule has 0 spiro atoms. The van der Waals surface area contributed by atoms with Crippen LogP contribution in [-0.2, 0) is 14.3 Å². The fourth-order valence-electron chi connectivity index (χ4n) is 1.05. The minimum Gasteiger partial charge on any atom is -0.392 e. The SMILES string of the molecule is CCC(C)(C(=O)NCCOCC(N)=O)C(N)=S. The van der Waals surface area contributed by atoms with Gasteiger partial charge in [0, 0.05) is 6.54 Å². The number of nitrogens with two attached hydrogens (primary N) is 2. The second-order valence-corrected chi connectivity index (χ2v) is 4.26. The minimum absolute atomic E-state index is 0.157. The number of carbonyl (C=O) groups is 2. The second kappa shape index (κ2) is 7.18. The number of thiocarbonyl (C=S) groups is 1. The van der Waals surface area contributed by atoms with Crippen molar-refractivity contribution in [2.45, 2.75) is 20.3 Å². The maximum absolute atomic E-state index is 11.8. The fourth-order valence-corrected chi connectivity index (χ4v) is 1.29. The zero-order valence-corrected chi connectivity index (χ0v) is 10.9. The van der Waals surface area contributed by atoms with Gasteiger partial charge in [0.15, 0.2) is 0 Å². The first-order chi connectivity index (χ1) is 7.84. The maximum Gasteiger partial charge on any atom is 0.243 e. The lowest BCUT2D eigenvalue weighted by Gasteiger charge is -2.25. The van der Waals surface area contributed by atoms with Crippen LogP contribution in [0, 0.1) is 5.41 Å². The largest absolute Gasteiger partial charge is 0.392 e. The number of hydrogen-bond acceptors (Lipinski definition) is 4. The molecule has 1 atom stereocenters. The summed E-state index contributed by atoms with van der Waals surface area (Å²) in [6.07, 6.45) is 0.524. The van der Waals surface area contributed by atoms with E-state index in [4.69, 9.17) is 28.4 Å². The molecule has 0 radical (unpaired) electrons. The van der Waals surface area contributed by atoms with Gasteiger partial charge in [-0.15, -0.1) is 0 Å². The van der Waals surface area contributed by atoms with E-state index in [1.807, 2.05) is 6.92 Å². The van der Waals surface area contributed by atoms with Crippen LogP contribution < -0.4 is 16.8 Å². The highest BCUT2D eigenvalue weighted by Gasteiger charge is 2.34. The molecular weight excluding hydrogens is 242 g/mol. The summed E-state index contributed by atoms with van der Waals surface area (Å²) in [5, 5.41) is 2.65. The van der Waals surface area contributed by atoms with E-state index in [9.17, 15) is 9.59 Å². The first kappa shape index (κ1) is 15.8. The van der Waals surface area contributed by atoms with Gasteiger partial charge in [-0.1, -0.05) is 19.1 Å². The molecule has 1 unspecified atom stereocenters. The van der Waals surface area contributed by atoms with Gasteiger partial charge in [0.2, 0.25) is 11.8 Å². The summed E-state index contributed by atoms with van der Waals surface area (Å²) in [6, 6.07) is 0. The molecule has 6 nitrogen and oxygen atoms in total. The van der Waals surface area contributed by atoms with Gasteiger partial charge in [0.25, 0.3) is 0 Å². The quantitative estimate of drug-likeness (QED) is 0.396. The maximum atomic E-state index is 11.8. The van der Waals surface area contributed by atoms with Gasteiger partial charge in [0.05, 0.1) is 17.0 Å². The Balaban J connectivity index is 4.01. The highest BCUT2D eigenvalue weighted by molar-refractivity contribution is 7.80. The topological polar surface area (TPSA) is 107 Å². The molecule has 0 saturated heterocycles. The molecular formula is C10H19N3O3S. The summed E-state index contributed by atoms with van der Waals surface area (Å²) >= 11 is 4.87. The van der Waals surface area contributed by atoms with Crippen molar-refractivity contribution in [1.29, 1.82) is 0 Å². The van der Waals surface area contributed by atoms with Crippen LogP contribution in [0.2, 0.25) is 0 Å². The van der Waals surface area contributed by atoms with Gasteiger partial charge in [-0.3, -0.25) is 9.59 Å². The monoisotopic (exact) mass is 261 g/mol. The number of hydrogen-bond donors (Lipinski definition) is 3. The Morgan fingerprint density at radius 2 is 2.00 bits per heavy atom. The van der Waals surface area contributed by atoms with Crippen molar-refractivity contribution in [2.75, 3.05) is 19.8 Å². The molecule has 0 bridgehead atoms. The molecule has 0 aliphatic rings. The van der Waals surface area contributed by atoms with Crippen molar-refractivity contribution in [1.82, 2.24) is 5.32 Å². The van der Waals surface area contributed by atoms with Gasteiger partial charge in [0.1, 0.15) is 6.61 Å². The first-order valence-corrected chi connectivity index (χ1v) is 5.69. The molecule has 7 heteroatoms. The first-order valence-electron chi connectivity index (χ1n) is 5.28. The lowest BCUT2D eigenvalue weighted by Crippen LogP contribution is -2.47. The highest BCUT2D eigenvalue weighted by Crippen LogP contribution is 2.21. The number of nitrogens with one attached hydrogen (secondary N) is 1. The number of rotatable bonds is 8. The van der Waals surface area contributed by atoms with E-state index in [-0.39, 0.29) is 30.7 Å². The Hall–Kier alpha value is -1.21. The van der Waals surface area contributed by atoms with E-state index < -0.39 is 11.3 Å². The zero-order valence-electron chi connectivity index (χ0n) is 10.1. The van der Waals surface area contributed by atoms with E-state index in [1.165, 1.54) is 0 Å². The summed E-state index contributed by atoms with van der Waals surface area (Å²) in [5.74, 6) is -0.784. The average molecular weight is 261 g/mol. The third-order valence-electron chi connectivity index (χ3n) is 2.53. The highest BCUT2D eigenvalue weighted by atomic mass is 32.1. The zero-order chi connectivity index (χ0) is 13.5. The molecule has 0 aliphatic heterocycles. The van der Waals surface area contributed by atoms with Crippen molar-refractivity contribution in [3.8, 4) is 0 Å². The Labute approximate surface area is 106 Å². The summed E-state index contributed by atoms with van der Waals surface area (Å²) in [5.41, 5.74) is 9.56. The third-order valence-corrected chi connectivity index (χ3v) is 2.98. The van der Waals surface area contributed by atoms with Crippen LogP contribution in [0.5, 0.6) is 0 Å². The fraction of sp³-hybridized carbons (Fsp3) is 0.700. The standard InChI is InChI=1S/C10H19N3O3S/c1-3-10(2,8(12)17)9(15)13-4-5-16-6-7(11)14/h3-6H2,1-2H3,(H2,11,14)(H2,12,17)(H,13,15). The third kappa shape index (κ3) is 5.10. The van der Waals surface area contributed by atoms with E-state index in [0.29, 0.717) is 6.42 Å². The molecule has 98 valence electrons. The average Bonchev–Trinajstić information content (AvgIpc) is 2.26. The van der Waals surface area contributed by atoms with Crippen LogP contribution in [0.4, 0.5) is 0 Å². The predicted octanol–water partition coefficient (Wildman–Crippen LogP) is -0.693. The van der Waals surface area contributed by atoms with E-state index in [2.05, 4.69) is 5.32 Å². The molecule has 17 heavy (non-hydrogen) atoms. The van der Waals surface area contributed by atoms with Crippen molar-refractivity contribution >= 4 is 29.0 Å². The van der Waals surface area contributed by atoms with Crippen LogP contribution in [0.1, 0.15) is 20.3 Å². The van der Waals surface area contributed by atoms with Gasteiger partial charge in [-0.25, -0.2) is 0 Å². The summed E-state index contributed by atoms with van der Waals surface area (Å²) < 4.78 is 4.90. The minimum atomic E-state index is -0.848. The van der Waals surface area contributed by atoms with Gasteiger partial charge in [-0.2, -0.15) is 0 Å². The Morgan fingerprint density at radius 1 is 1.41 bits per heavy atom. The molecule has 0 fully saturated rings. The smallest absolute Gasteiger partial charge is 0.243 e. The molecule has 0 aliphatic carbocycles. The Morgan fingerprint density at radius 3 is 2.41 bits per heavy atom. The van der Waals surface area contributed by atoms with Crippen molar-refractivity contribution in [3.63, 3.8) is 0 Å². The Kier molecular flexibility index (Phi) is 6.67. The van der Waals surface area contributed by atoms with Gasteiger partial charge in [-0.05, 0) is 13.3 Å². The lowest BCUT2D eigenvalue weighted by molar-refractivity contribution is -0.127. The summed E-state index contributed by atoms with van der Waals surface area (Å²) in [6.45, 7) is 3.86. The molecule has 5 N–H and O–H groups in total. The van der Waals surface area contributed by atoms with Gasteiger partial charge >= 0.3 is 0 Å². The van der Waals surface area contributed by atoms with Crippen LogP contribution in [-0.4, -0.2) is 36.6 Å². The summed E-state index contributed by atoms with van der Waals surface area (Å²) in [4.78, 5) is 22.3. The number of primary amides is 1. The Bertz CT molecular complexity index is 309. The van der Waals surface area contributed by atoms with Crippen molar-refractivity contribution in [3.05, 3.63) is 0 Å². The number of ether oxygens (including phenoxy) is 1. The lowest BCUT2D eigenvalue weighted by atomic mass is 9.86. The molecule has 0 aromatic heterocycles. The molecule has 2 amide bonds. The molecule has 0 heterocycles. The molecule has 0 rings (SSSR count). The van der Waals surface area contributed by atoms with E-state index in [1.54, 1.807) is 6.92 Å².